The maximum absolute atomic E-state index is 12.8. The predicted octanol–water partition coefficient (Wildman–Crippen LogP) is 4.44. The third kappa shape index (κ3) is 3.53. The van der Waals surface area contributed by atoms with Crippen LogP contribution in [0, 0.1) is 0 Å². The number of aromatic nitrogens is 2. The second-order valence-corrected chi connectivity index (χ2v) is 6.56. The number of benzene rings is 2. The van der Waals surface area contributed by atoms with Gasteiger partial charge in [-0.3, -0.25) is 9.59 Å². The number of nitrogens with one attached hydrogen (secondary N) is 2. The summed E-state index contributed by atoms with van der Waals surface area (Å²) < 4.78 is 9.36. The Morgan fingerprint density at radius 3 is 2.67 bits per heavy atom. The molecular weight excluding hydrogens is 388 g/mol. The molecule has 4 aromatic rings. The minimum absolute atomic E-state index is 0.0206. The molecule has 9 heteroatoms. The first-order chi connectivity index (χ1) is 13.1. The molecule has 2 aromatic carbocycles. The van der Waals surface area contributed by atoms with Crippen molar-refractivity contribution in [1.82, 2.24) is 9.59 Å². The van der Waals surface area contributed by atoms with Gasteiger partial charge in [0.15, 0.2) is 5.69 Å². The van der Waals surface area contributed by atoms with Crippen LogP contribution in [-0.4, -0.2) is 21.4 Å². The van der Waals surface area contributed by atoms with Gasteiger partial charge in [0.2, 0.25) is 5.76 Å². The number of carbonyl (C=O) groups is 2. The zero-order chi connectivity index (χ0) is 18.8. The number of para-hydroxylation sites is 1. The molecule has 7 nitrogen and oxygen atoms in total. The Morgan fingerprint density at radius 2 is 1.89 bits per heavy atom. The highest BCUT2D eigenvalue weighted by molar-refractivity contribution is 7.03. The molecule has 0 bridgehead atoms. The van der Waals surface area contributed by atoms with Crippen LogP contribution in [-0.2, 0) is 0 Å². The number of hydrogen-bond donors (Lipinski definition) is 2. The summed E-state index contributed by atoms with van der Waals surface area (Å²) >= 11 is 7.01. The third-order valence-electron chi connectivity index (χ3n) is 3.72. The van der Waals surface area contributed by atoms with Gasteiger partial charge in [-0.1, -0.05) is 34.3 Å². The highest BCUT2D eigenvalue weighted by Gasteiger charge is 2.23. The number of carbonyl (C=O) groups excluding carboxylic acids is 2. The van der Waals surface area contributed by atoms with E-state index in [0.717, 1.165) is 11.5 Å². The van der Waals surface area contributed by atoms with Gasteiger partial charge in [-0.25, -0.2) is 0 Å². The second-order valence-electron chi connectivity index (χ2n) is 5.51. The molecule has 0 aliphatic carbocycles. The van der Waals surface area contributed by atoms with Gasteiger partial charge in [0.05, 0.1) is 0 Å². The average Bonchev–Trinajstić information content (AvgIpc) is 3.30. The molecule has 0 unspecified atom stereocenters. The summed E-state index contributed by atoms with van der Waals surface area (Å²) in [7, 11) is 0. The molecule has 0 saturated carbocycles. The smallest absolute Gasteiger partial charge is 0.293 e. The first-order valence-corrected chi connectivity index (χ1v) is 9.00. The number of anilines is 2. The summed E-state index contributed by atoms with van der Waals surface area (Å²) in [5.74, 6) is -1.01. The lowest BCUT2D eigenvalue weighted by Crippen LogP contribution is -2.17. The molecule has 2 amide bonds. The van der Waals surface area contributed by atoms with Gasteiger partial charge < -0.3 is 15.1 Å². The summed E-state index contributed by atoms with van der Waals surface area (Å²) in [6.07, 6.45) is 0. The van der Waals surface area contributed by atoms with E-state index in [1.807, 2.05) is 0 Å². The normalized spacial score (nSPS) is 10.7. The SMILES string of the molecule is O=C(Nc1c(C(=O)Nc2cccc(Cl)c2)oc2ccccc12)c1csnn1. The van der Waals surface area contributed by atoms with E-state index in [1.54, 1.807) is 48.5 Å². The topological polar surface area (TPSA) is 97.1 Å². The number of furan rings is 1. The summed E-state index contributed by atoms with van der Waals surface area (Å²) in [5, 5.41) is 11.8. The van der Waals surface area contributed by atoms with E-state index in [-0.39, 0.29) is 17.1 Å². The van der Waals surface area contributed by atoms with Crippen molar-refractivity contribution in [3.8, 4) is 0 Å². The molecule has 0 radical (unpaired) electrons. The summed E-state index contributed by atoms with van der Waals surface area (Å²) in [5.41, 5.74) is 1.41. The van der Waals surface area contributed by atoms with Gasteiger partial charge in [0.25, 0.3) is 11.8 Å². The Hall–Kier alpha value is -3.23. The zero-order valence-electron chi connectivity index (χ0n) is 13.6. The molecule has 2 aromatic heterocycles. The number of halogens is 1. The fraction of sp³-hybridized carbons (Fsp3) is 0. The van der Waals surface area contributed by atoms with Crippen molar-refractivity contribution in [1.29, 1.82) is 0 Å². The van der Waals surface area contributed by atoms with Gasteiger partial charge in [-0.05, 0) is 41.9 Å². The van der Waals surface area contributed by atoms with Gasteiger partial charge >= 0.3 is 0 Å². The van der Waals surface area contributed by atoms with Crippen LogP contribution < -0.4 is 10.6 Å². The first-order valence-electron chi connectivity index (χ1n) is 7.78. The Labute approximate surface area is 162 Å². The fourth-order valence-corrected chi connectivity index (χ4v) is 3.15. The van der Waals surface area contributed by atoms with Crippen molar-refractivity contribution in [2.75, 3.05) is 10.6 Å². The summed E-state index contributed by atoms with van der Waals surface area (Å²) in [6.45, 7) is 0. The summed E-state index contributed by atoms with van der Waals surface area (Å²) in [4.78, 5) is 25.2. The quantitative estimate of drug-likeness (QED) is 0.529. The Balaban J connectivity index is 1.71. The second kappa shape index (κ2) is 7.18. The first kappa shape index (κ1) is 17.2. The Morgan fingerprint density at radius 1 is 1.04 bits per heavy atom. The molecule has 0 aliphatic rings. The monoisotopic (exact) mass is 398 g/mol. The van der Waals surface area contributed by atoms with E-state index < -0.39 is 11.8 Å². The zero-order valence-corrected chi connectivity index (χ0v) is 15.2. The molecule has 0 fully saturated rings. The van der Waals surface area contributed by atoms with Gasteiger partial charge in [0, 0.05) is 21.5 Å². The minimum Gasteiger partial charge on any atom is -0.449 e. The van der Waals surface area contributed by atoms with Crippen molar-refractivity contribution >= 4 is 57.3 Å². The van der Waals surface area contributed by atoms with Gasteiger partial charge in [-0.2, -0.15) is 0 Å². The fourth-order valence-electron chi connectivity index (χ4n) is 2.52. The number of amides is 2. The molecule has 0 aliphatic heterocycles. The average molecular weight is 399 g/mol. The lowest BCUT2D eigenvalue weighted by Gasteiger charge is -2.06. The highest BCUT2D eigenvalue weighted by Crippen LogP contribution is 2.32. The number of hydrogen-bond acceptors (Lipinski definition) is 6. The van der Waals surface area contributed by atoms with E-state index in [4.69, 9.17) is 16.0 Å². The van der Waals surface area contributed by atoms with Crippen LogP contribution in [0.4, 0.5) is 11.4 Å². The van der Waals surface area contributed by atoms with Gasteiger partial charge in [-0.15, -0.1) is 5.10 Å². The Kier molecular flexibility index (Phi) is 4.57. The van der Waals surface area contributed by atoms with E-state index in [1.165, 1.54) is 5.38 Å². The maximum atomic E-state index is 12.8. The number of fused-ring (bicyclic) bond motifs is 1. The van der Waals surface area contributed by atoms with Crippen molar-refractivity contribution in [3.05, 3.63) is 70.4 Å². The standard InChI is InChI=1S/C18H11ClN4O3S/c19-10-4-3-5-11(8-10)20-18(25)16-15(12-6-1-2-7-14(12)26-16)21-17(24)13-9-27-23-22-13/h1-9H,(H,20,25)(H,21,24). The van der Waals surface area contributed by atoms with Crippen LogP contribution in [0.25, 0.3) is 11.0 Å². The summed E-state index contributed by atoms with van der Waals surface area (Å²) in [6, 6.07) is 13.8. The molecule has 27 heavy (non-hydrogen) atoms. The number of nitrogens with zero attached hydrogens (tertiary/aromatic N) is 2. The molecule has 2 N–H and O–H groups in total. The molecular formula is C18H11ClN4O3S. The van der Waals surface area contributed by atoms with Crippen LogP contribution in [0.15, 0.2) is 58.3 Å². The molecule has 0 atom stereocenters. The molecule has 134 valence electrons. The maximum Gasteiger partial charge on any atom is 0.293 e. The minimum atomic E-state index is -0.514. The van der Waals surface area contributed by atoms with E-state index >= 15 is 0 Å². The largest absolute Gasteiger partial charge is 0.449 e. The van der Waals surface area contributed by atoms with E-state index in [2.05, 4.69) is 20.2 Å². The molecule has 0 spiro atoms. The number of rotatable bonds is 4. The van der Waals surface area contributed by atoms with Crippen molar-refractivity contribution < 1.29 is 14.0 Å². The van der Waals surface area contributed by atoms with Crippen molar-refractivity contribution in [3.63, 3.8) is 0 Å². The van der Waals surface area contributed by atoms with Gasteiger partial charge in [0.1, 0.15) is 11.3 Å². The van der Waals surface area contributed by atoms with Crippen LogP contribution in [0.3, 0.4) is 0 Å². The molecule has 0 saturated heterocycles. The van der Waals surface area contributed by atoms with E-state index in [9.17, 15) is 9.59 Å². The van der Waals surface area contributed by atoms with Crippen LogP contribution in [0.2, 0.25) is 5.02 Å². The van der Waals surface area contributed by atoms with Crippen LogP contribution in [0.5, 0.6) is 0 Å². The Bertz CT molecular complexity index is 1140. The van der Waals surface area contributed by atoms with Crippen molar-refractivity contribution in [2.45, 2.75) is 0 Å². The van der Waals surface area contributed by atoms with E-state index in [0.29, 0.717) is 21.7 Å². The highest BCUT2D eigenvalue weighted by atomic mass is 35.5. The molecule has 2 heterocycles. The van der Waals surface area contributed by atoms with Crippen LogP contribution in [0.1, 0.15) is 21.0 Å². The molecule has 4 rings (SSSR count). The lowest BCUT2D eigenvalue weighted by molar-refractivity contribution is 0.0999. The third-order valence-corrected chi connectivity index (χ3v) is 4.46. The lowest BCUT2D eigenvalue weighted by atomic mass is 10.2. The van der Waals surface area contributed by atoms with Crippen LogP contribution >= 0.6 is 23.1 Å². The van der Waals surface area contributed by atoms with Crippen molar-refractivity contribution in [2.24, 2.45) is 0 Å². The predicted molar refractivity (Wildman–Crippen MR) is 103 cm³/mol.